The maximum absolute atomic E-state index is 13.0. The maximum atomic E-state index is 13.0. The average Bonchev–Trinajstić information content (AvgIpc) is 3.54. The lowest BCUT2D eigenvalue weighted by Gasteiger charge is -2.24. The summed E-state index contributed by atoms with van der Waals surface area (Å²) >= 11 is 1.41. The predicted octanol–water partition coefficient (Wildman–Crippen LogP) is -1.99. The number of nitrogens with two attached hydrogens (primary N) is 1. The van der Waals surface area contributed by atoms with E-state index < -0.39 is 60.2 Å². The molecular formula is C21H30N8O7S. The van der Waals surface area contributed by atoms with Crippen molar-refractivity contribution in [2.45, 2.75) is 49.9 Å². The van der Waals surface area contributed by atoms with E-state index in [2.05, 4.69) is 35.9 Å². The van der Waals surface area contributed by atoms with Crippen molar-refractivity contribution in [2.75, 3.05) is 12.0 Å². The van der Waals surface area contributed by atoms with E-state index in [0.29, 0.717) is 17.1 Å². The summed E-state index contributed by atoms with van der Waals surface area (Å²) in [5.74, 6) is -4.73. The number of hydrogen-bond donors (Lipinski definition) is 8. The molecule has 4 atom stereocenters. The Morgan fingerprint density at radius 1 is 0.892 bits per heavy atom. The molecule has 2 rings (SSSR count). The third-order valence-electron chi connectivity index (χ3n) is 5.18. The van der Waals surface area contributed by atoms with Crippen LogP contribution < -0.4 is 21.7 Å². The number of carbonyl (C=O) groups excluding carboxylic acids is 3. The molecule has 0 aromatic carbocycles. The van der Waals surface area contributed by atoms with Crippen LogP contribution in [0.25, 0.3) is 0 Å². The fourth-order valence-electron chi connectivity index (χ4n) is 3.25. The molecule has 0 aliphatic heterocycles. The zero-order valence-corrected chi connectivity index (χ0v) is 20.8. The lowest BCUT2D eigenvalue weighted by Crippen LogP contribution is -2.58. The number of nitrogens with one attached hydrogen (secondary N) is 5. The largest absolute Gasteiger partial charge is 0.481 e. The van der Waals surface area contributed by atoms with Gasteiger partial charge in [-0.1, -0.05) is 0 Å². The highest BCUT2D eigenvalue weighted by atomic mass is 32.2. The van der Waals surface area contributed by atoms with Crippen LogP contribution in [-0.4, -0.2) is 96.0 Å². The molecule has 9 N–H and O–H groups in total. The molecule has 0 fully saturated rings. The van der Waals surface area contributed by atoms with Crippen LogP contribution in [0.3, 0.4) is 0 Å². The molecule has 0 saturated carbocycles. The standard InChI is InChI=1S/C21H30N8O7S/c1-37-3-2-14(27-18(32)13(22)4-11-7-23-9-25-11)19(33)28-15(6-17(30)31)20(34)29-16(21(35)36)5-12-8-24-10-26-12/h7-10,13-16H,2-6,22H2,1H3,(H,23,25)(H,24,26)(H,27,32)(H,28,33)(H,29,34)(H,30,31)(H,35,36). The summed E-state index contributed by atoms with van der Waals surface area (Å²) in [6.45, 7) is 0. The molecule has 2 aromatic rings. The van der Waals surface area contributed by atoms with Gasteiger partial charge in [-0.2, -0.15) is 11.8 Å². The minimum Gasteiger partial charge on any atom is -0.481 e. The van der Waals surface area contributed by atoms with E-state index in [4.69, 9.17) is 5.73 Å². The molecular weight excluding hydrogens is 508 g/mol. The van der Waals surface area contributed by atoms with E-state index >= 15 is 0 Å². The smallest absolute Gasteiger partial charge is 0.326 e. The van der Waals surface area contributed by atoms with Gasteiger partial charge in [-0.05, 0) is 18.4 Å². The van der Waals surface area contributed by atoms with Crippen molar-refractivity contribution in [3.63, 3.8) is 0 Å². The topological polar surface area (TPSA) is 245 Å². The lowest BCUT2D eigenvalue weighted by molar-refractivity contribution is -0.143. The number of carbonyl (C=O) groups is 5. The van der Waals surface area contributed by atoms with Crippen molar-refractivity contribution >= 4 is 41.4 Å². The van der Waals surface area contributed by atoms with Crippen LogP contribution in [0.4, 0.5) is 0 Å². The van der Waals surface area contributed by atoms with Gasteiger partial charge in [0.05, 0.1) is 25.1 Å². The van der Waals surface area contributed by atoms with Gasteiger partial charge in [0.2, 0.25) is 17.7 Å². The van der Waals surface area contributed by atoms with Crippen molar-refractivity contribution in [1.82, 2.24) is 35.9 Å². The van der Waals surface area contributed by atoms with Crippen LogP contribution in [0.15, 0.2) is 25.0 Å². The third-order valence-corrected chi connectivity index (χ3v) is 5.82. The number of rotatable bonds is 16. The van der Waals surface area contributed by atoms with Crippen LogP contribution in [0, 0.1) is 0 Å². The number of amides is 3. The van der Waals surface area contributed by atoms with E-state index in [-0.39, 0.29) is 19.3 Å². The van der Waals surface area contributed by atoms with E-state index in [9.17, 15) is 34.2 Å². The van der Waals surface area contributed by atoms with Gasteiger partial charge in [-0.3, -0.25) is 19.2 Å². The van der Waals surface area contributed by atoms with Crippen molar-refractivity contribution in [1.29, 1.82) is 0 Å². The fourth-order valence-corrected chi connectivity index (χ4v) is 3.73. The minimum absolute atomic E-state index is 0.139. The van der Waals surface area contributed by atoms with Crippen molar-refractivity contribution < 1.29 is 34.2 Å². The van der Waals surface area contributed by atoms with Crippen molar-refractivity contribution in [3.05, 3.63) is 36.4 Å². The Labute approximate surface area is 215 Å². The van der Waals surface area contributed by atoms with Crippen LogP contribution in [-0.2, 0) is 36.8 Å². The second kappa shape index (κ2) is 14.6. The summed E-state index contributed by atoms with van der Waals surface area (Å²) in [5.41, 5.74) is 6.99. The molecule has 0 bridgehead atoms. The second-order valence-corrected chi connectivity index (χ2v) is 9.06. The van der Waals surface area contributed by atoms with Gasteiger partial charge < -0.3 is 41.9 Å². The number of hydrogen-bond acceptors (Lipinski definition) is 9. The molecule has 2 aromatic heterocycles. The monoisotopic (exact) mass is 538 g/mol. The Morgan fingerprint density at radius 3 is 1.95 bits per heavy atom. The van der Waals surface area contributed by atoms with Gasteiger partial charge in [0, 0.05) is 36.6 Å². The highest BCUT2D eigenvalue weighted by Crippen LogP contribution is 2.06. The van der Waals surface area contributed by atoms with E-state index in [1.807, 2.05) is 0 Å². The fraction of sp³-hybridized carbons (Fsp3) is 0.476. The first kappa shape index (κ1) is 29.3. The molecule has 16 heteroatoms. The number of carboxylic acids is 2. The van der Waals surface area contributed by atoms with Crippen LogP contribution in [0.5, 0.6) is 0 Å². The number of aromatic amines is 2. The third kappa shape index (κ3) is 9.92. The van der Waals surface area contributed by atoms with Gasteiger partial charge in [0.15, 0.2) is 0 Å². The number of imidazole rings is 2. The quantitative estimate of drug-likeness (QED) is 0.116. The van der Waals surface area contributed by atoms with Crippen LogP contribution in [0.1, 0.15) is 24.2 Å². The first-order valence-electron chi connectivity index (χ1n) is 11.1. The van der Waals surface area contributed by atoms with Gasteiger partial charge in [-0.15, -0.1) is 0 Å². The Morgan fingerprint density at radius 2 is 1.43 bits per heavy atom. The zero-order chi connectivity index (χ0) is 27.4. The Hall–Kier alpha value is -3.92. The van der Waals surface area contributed by atoms with E-state index in [1.54, 1.807) is 6.26 Å². The Balaban J connectivity index is 2.09. The highest BCUT2D eigenvalue weighted by Gasteiger charge is 2.31. The summed E-state index contributed by atoms with van der Waals surface area (Å²) in [5, 5.41) is 25.8. The van der Waals surface area contributed by atoms with Crippen LogP contribution in [0.2, 0.25) is 0 Å². The summed E-state index contributed by atoms with van der Waals surface area (Å²) in [6.07, 6.45) is 6.83. The second-order valence-electron chi connectivity index (χ2n) is 8.07. The summed E-state index contributed by atoms with van der Waals surface area (Å²) in [6, 6.07) is -5.12. The normalized spacial score (nSPS) is 14.1. The summed E-state index contributed by atoms with van der Waals surface area (Å²) < 4.78 is 0. The molecule has 0 aliphatic rings. The Bertz CT molecular complexity index is 1050. The predicted molar refractivity (Wildman–Crippen MR) is 131 cm³/mol. The number of H-pyrrole nitrogens is 2. The number of aromatic nitrogens is 4. The summed E-state index contributed by atoms with van der Waals surface area (Å²) in [7, 11) is 0. The van der Waals surface area contributed by atoms with E-state index in [0.717, 1.165) is 0 Å². The molecule has 0 spiro atoms. The van der Waals surface area contributed by atoms with Crippen LogP contribution >= 0.6 is 11.8 Å². The molecule has 37 heavy (non-hydrogen) atoms. The van der Waals surface area contributed by atoms with Crippen molar-refractivity contribution in [3.8, 4) is 0 Å². The van der Waals surface area contributed by atoms with Gasteiger partial charge in [-0.25, -0.2) is 14.8 Å². The lowest BCUT2D eigenvalue weighted by atomic mass is 10.1. The van der Waals surface area contributed by atoms with Crippen molar-refractivity contribution in [2.24, 2.45) is 5.73 Å². The highest BCUT2D eigenvalue weighted by molar-refractivity contribution is 7.98. The summed E-state index contributed by atoms with van der Waals surface area (Å²) in [4.78, 5) is 74.6. The first-order chi connectivity index (χ1) is 17.6. The SMILES string of the molecule is CSCCC(NC(=O)C(N)Cc1cnc[nH]1)C(=O)NC(CC(=O)O)C(=O)NC(Cc1cnc[nH]1)C(=O)O. The molecule has 202 valence electrons. The molecule has 3 amide bonds. The first-order valence-corrected chi connectivity index (χ1v) is 12.5. The number of thioether (sulfide) groups is 1. The minimum atomic E-state index is -1.60. The number of nitrogens with zero attached hydrogens (tertiary/aromatic N) is 2. The zero-order valence-electron chi connectivity index (χ0n) is 20.0. The number of carboxylic acid groups (broad SMARTS) is 2. The molecule has 0 radical (unpaired) electrons. The molecule has 0 saturated heterocycles. The van der Waals surface area contributed by atoms with E-state index in [1.165, 1.54) is 36.8 Å². The molecule has 4 unspecified atom stereocenters. The van der Waals surface area contributed by atoms with Gasteiger partial charge in [0.25, 0.3) is 0 Å². The molecule has 2 heterocycles. The maximum Gasteiger partial charge on any atom is 0.326 e. The van der Waals surface area contributed by atoms with Gasteiger partial charge in [0.1, 0.15) is 18.1 Å². The molecule has 15 nitrogen and oxygen atoms in total. The Kier molecular flexibility index (Phi) is 11.6. The molecule has 0 aliphatic carbocycles. The van der Waals surface area contributed by atoms with Gasteiger partial charge >= 0.3 is 11.9 Å². The average molecular weight is 539 g/mol. The number of aliphatic carboxylic acids is 2.